The maximum absolute atomic E-state index is 12.7. The highest BCUT2D eigenvalue weighted by Crippen LogP contribution is 2.27. The molecule has 4 rings (SSSR count). The highest BCUT2D eigenvalue weighted by Gasteiger charge is 2.20. The van der Waals surface area contributed by atoms with Gasteiger partial charge in [-0.05, 0) is 42.5 Å². The van der Waals surface area contributed by atoms with Crippen LogP contribution in [0.5, 0.6) is 5.88 Å². The molecule has 0 spiro atoms. The normalized spacial score (nSPS) is 11.2. The second-order valence-corrected chi connectivity index (χ2v) is 8.21. The summed E-state index contributed by atoms with van der Waals surface area (Å²) < 4.78 is 33.2. The molecule has 30 heavy (non-hydrogen) atoms. The Balaban J connectivity index is 1.65. The molecule has 0 amide bonds. The van der Waals surface area contributed by atoms with E-state index in [2.05, 4.69) is 24.9 Å². The van der Waals surface area contributed by atoms with Crippen molar-refractivity contribution in [2.24, 2.45) is 0 Å². The standard InChI is InChI=1S/C19H13ClN6O3S/c1-29-19-15-10-22-25-18(15)23-17(24-19)11-3-6-14(7-4-11)26-30(27,28)16-8-13(20)5-2-12(16)9-21/h2-8,10,26H,1H3,(H,22,23,24,25). The van der Waals surface area contributed by atoms with Crippen LogP contribution in [0.1, 0.15) is 5.56 Å². The largest absolute Gasteiger partial charge is 0.480 e. The Morgan fingerprint density at radius 3 is 2.63 bits per heavy atom. The van der Waals surface area contributed by atoms with Crippen LogP contribution in [-0.2, 0) is 10.0 Å². The molecule has 150 valence electrons. The van der Waals surface area contributed by atoms with E-state index in [1.165, 1.54) is 25.3 Å². The van der Waals surface area contributed by atoms with Crippen LogP contribution in [0.2, 0.25) is 5.02 Å². The number of hydrogen-bond acceptors (Lipinski definition) is 7. The molecule has 0 fully saturated rings. The number of aromatic amines is 1. The molecule has 0 atom stereocenters. The lowest BCUT2D eigenvalue weighted by Gasteiger charge is -2.10. The number of nitrogens with one attached hydrogen (secondary N) is 2. The third-order valence-corrected chi connectivity index (χ3v) is 5.87. The quantitative estimate of drug-likeness (QED) is 0.486. The molecule has 0 bridgehead atoms. The summed E-state index contributed by atoms with van der Waals surface area (Å²) in [5.74, 6) is 0.762. The summed E-state index contributed by atoms with van der Waals surface area (Å²) >= 11 is 5.90. The lowest BCUT2D eigenvalue weighted by Crippen LogP contribution is -2.14. The van der Waals surface area contributed by atoms with Gasteiger partial charge in [-0.2, -0.15) is 15.3 Å². The second kappa shape index (κ2) is 7.62. The number of anilines is 1. The van der Waals surface area contributed by atoms with Crippen molar-refractivity contribution in [3.63, 3.8) is 0 Å². The van der Waals surface area contributed by atoms with Crippen molar-refractivity contribution in [2.75, 3.05) is 11.8 Å². The zero-order valence-corrected chi connectivity index (χ0v) is 17.0. The molecule has 2 aromatic heterocycles. The number of rotatable bonds is 5. The van der Waals surface area contributed by atoms with Gasteiger partial charge in [-0.15, -0.1) is 0 Å². The van der Waals surface area contributed by atoms with Gasteiger partial charge >= 0.3 is 0 Å². The van der Waals surface area contributed by atoms with E-state index in [1.807, 2.05) is 6.07 Å². The Labute approximate surface area is 176 Å². The molecular weight excluding hydrogens is 428 g/mol. The number of benzene rings is 2. The predicted octanol–water partition coefficient (Wildman–Crippen LogP) is 3.35. The van der Waals surface area contributed by atoms with Gasteiger partial charge in [-0.1, -0.05) is 11.6 Å². The molecule has 11 heteroatoms. The molecule has 0 aliphatic rings. The Kier molecular flexibility index (Phi) is 4.99. The molecule has 0 aliphatic carbocycles. The van der Waals surface area contributed by atoms with Gasteiger partial charge in [0, 0.05) is 16.3 Å². The topological polar surface area (TPSA) is 134 Å². The fourth-order valence-corrected chi connectivity index (χ4v) is 4.28. The second-order valence-electron chi connectivity index (χ2n) is 6.12. The van der Waals surface area contributed by atoms with E-state index in [1.54, 1.807) is 30.5 Å². The molecule has 9 nitrogen and oxygen atoms in total. The van der Waals surface area contributed by atoms with E-state index >= 15 is 0 Å². The van der Waals surface area contributed by atoms with Gasteiger partial charge < -0.3 is 4.74 Å². The maximum Gasteiger partial charge on any atom is 0.263 e. The lowest BCUT2D eigenvalue weighted by molar-refractivity contribution is 0.403. The Hall–Kier alpha value is -3.68. The molecule has 2 heterocycles. The van der Waals surface area contributed by atoms with E-state index in [9.17, 15) is 13.7 Å². The van der Waals surface area contributed by atoms with Gasteiger partial charge in [-0.3, -0.25) is 9.82 Å². The van der Waals surface area contributed by atoms with Crippen molar-refractivity contribution in [2.45, 2.75) is 4.90 Å². The van der Waals surface area contributed by atoms with Crippen molar-refractivity contribution in [1.82, 2.24) is 20.2 Å². The minimum absolute atomic E-state index is 0.00289. The molecule has 0 aliphatic heterocycles. The first-order valence-corrected chi connectivity index (χ1v) is 10.4. The minimum Gasteiger partial charge on any atom is -0.480 e. The molecule has 0 saturated heterocycles. The van der Waals surface area contributed by atoms with E-state index in [0.717, 1.165) is 0 Å². The SMILES string of the molecule is COc1nc(-c2ccc(NS(=O)(=O)c3cc(Cl)ccc3C#N)cc2)nc2[nH]ncc12. The number of H-pyrrole nitrogens is 1. The summed E-state index contributed by atoms with van der Waals surface area (Å²) in [5, 5.41) is 16.8. The van der Waals surface area contributed by atoms with Crippen molar-refractivity contribution in [1.29, 1.82) is 5.26 Å². The minimum atomic E-state index is -4.01. The molecule has 2 N–H and O–H groups in total. The average Bonchev–Trinajstić information content (AvgIpc) is 3.22. The van der Waals surface area contributed by atoms with Crippen LogP contribution in [-0.4, -0.2) is 35.7 Å². The molecule has 0 unspecified atom stereocenters. The summed E-state index contributed by atoms with van der Waals surface area (Å²) in [6, 6.07) is 12.4. The first kappa shape index (κ1) is 19.6. The number of nitrogens with zero attached hydrogens (tertiary/aromatic N) is 4. The highest BCUT2D eigenvalue weighted by molar-refractivity contribution is 7.92. The van der Waals surface area contributed by atoms with Gasteiger partial charge in [-0.25, -0.2) is 13.4 Å². The monoisotopic (exact) mass is 440 g/mol. The van der Waals surface area contributed by atoms with Crippen LogP contribution < -0.4 is 9.46 Å². The Morgan fingerprint density at radius 1 is 1.17 bits per heavy atom. The van der Waals surface area contributed by atoms with Crippen molar-refractivity contribution < 1.29 is 13.2 Å². The first-order chi connectivity index (χ1) is 14.4. The number of ether oxygens (including phenoxy) is 1. The van der Waals surface area contributed by atoms with Crippen LogP contribution >= 0.6 is 11.6 Å². The number of methoxy groups -OCH3 is 1. The van der Waals surface area contributed by atoms with Gasteiger partial charge in [0.05, 0.1) is 18.9 Å². The molecule has 4 aromatic rings. The zero-order valence-electron chi connectivity index (χ0n) is 15.4. The number of fused-ring (bicyclic) bond motifs is 1. The first-order valence-electron chi connectivity index (χ1n) is 8.49. The maximum atomic E-state index is 12.7. The third-order valence-electron chi connectivity index (χ3n) is 4.22. The number of nitriles is 1. The lowest BCUT2D eigenvalue weighted by atomic mass is 10.2. The fourth-order valence-electron chi connectivity index (χ4n) is 2.80. The van der Waals surface area contributed by atoms with Gasteiger partial charge in [0.2, 0.25) is 5.88 Å². The van der Waals surface area contributed by atoms with Crippen LogP contribution in [0.3, 0.4) is 0 Å². The van der Waals surface area contributed by atoms with Crippen LogP contribution in [0.25, 0.3) is 22.4 Å². The molecule has 0 radical (unpaired) electrons. The number of aromatic nitrogens is 4. The van der Waals surface area contributed by atoms with E-state index in [-0.39, 0.29) is 15.5 Å². The van der Waals surface area contributed by atoms with E-state index in [0.29, 0.717) is 34.0 Å². The summed E-state index contributed by atoms with van der Waals surface area (Å²) in [6.45, 7) is 0. The summed E-state index contributed by atoms with van der Waals surface area (Å²) in [7, 11) is -2.51. The zero-order chi connectivity index (χ0) is 21.3. The van der Waals surface area contributed by atoms with Gasteiger partial charge in [0.25, 0.3) is 10.0 Å². The van der Waals surface area contributed by atoms with Gasteiger partial charge in [0.15, 0.2) is 11.5 Å². The van der Waals surface area contributed by atoms with Crippen LogP contribution in [0.4, 0.5) is 5.69 Å². The Bertz CT molecular complexity index is 1390. The highest BCUT2D eigenvalue weighted by atomic mass is 35.5. The summed E-state index contributed by atoms with van der Waals surface area (Å²) in [4.78, 5) is 8.57. The third kappa shape index (κ3) is 3.63. The predicted molar refractivity (Wildman–Crippen MR) is 111 cm³/mol. The molecule has 2 aromatic carbocycles. The Morgan fingerprint density at radius 2 is 1.93 bits per heavy atom. The summed E-state index contributed by atoms with van der Waals surface area (Å²) in [5.41, 5.74) is 1.47. The van der Waals surface area contributed by atoms with Crippen molar-refractivity contribution >= 4 is 38.3 Å². The van der Waals surface area contributed by atoms with Gasteiger partial charge in [0.1, 0.15) is 16.4 Å². The van der Waals surface area contributed by atoms with E-state index in [4.69, 9.17) is 16.3 Å². The number of halogens is 1. The fraction of sp³-hybridized carbons (Fsp3) is 0.0526. The average molecular weight is 441 g/mol. The summed E-state index contributed by atoms with van der Waals surface area (Å²) in [6.07, 6.45) is 1.57. The van der Waals surface area contributed by atoms with E-state index < -0.39 is 10.0 Å². The van der Waals surface area contributed by atoms with Crippen molar-refractivity contribution in [3.8, 4) is 23.3 Å². The number of sulfonamides is 1. The molecular formula is C19H13ClN6O3S. The van der Waals surface area contributed by atoms with Crippen LogP contribution in [0.15, 0.2) is 53.6 Å². The number of hydrogen-bond donors (Lipinski definition) is 2. The van der Waals surface area contributed by atoms with Crippen molar-refractivity contribution in [3.05, 3.63) is 59.2 Å². The smallest absolute Gasteiger partial charge is 0.263 e. The van der Waals surface area contributed by atoms with Crippen LogP contribution in [0, 0.1) is 11.3 Å². The molecule has 0 saturated carbocycles.